The molecule has 1 unspecified atom stereocenters. The van der Waals surface area contributed by atoms with Crippen LogP contribution in [-0.2, 0) is 4.74 Å². The SMILES string of the molecule is Cc1ccnc(N2CCOC(CBr)C2)c1. The van der Waals surface area contributed by atoms with E-state index in [1.165, 1.54) is 5.56 Å². The first-order valence-corrected chi connectivity index (χ1v) is 6.27. The van der Waals surface area contributed by atoms with E-state index in [9.17, 15) is 0 Å². The summed E-state index contributed by atoms with van der Waals surface area (Å²) in [6.07, 6.45) is 2.14. The third-order valence-electron chi connectivity index (χ3n) is 2.54. The topological polar surface area (TPSA) is 25.4 Å². The minimum Gasteiger partial charge on any atom is -0.374 e. The average Bonchev–Trinajstić information content (AvgIpc) is 2.29. The first kappa shape index (κ1) is 10.9. The van der Waals surface area contributed by atoms with Crippen molar-refractivity contribution in [2.24, 2.45) is 0 Å². The molecule has 15 heavy (non-hydrogen) atoms. The van der Waals surface area contributed by atoms with E-state index in [1.807, 2.05) is 12.3 Å². The van der Waals surface area contributed by atoms with E-state index in [2.05, 4.69) is 38.8 Å². The number of morpholine rings is 1. The van der Waals surface area contributed by atoms with Crippen molar-refractivity contribution in [3.63, 3.8) is 0 Å². The van der Waals surface area contributed by atoms with Gasteiger partial charge in [0, 0.05) is 24.6 Å². The first-order valence-electron chi connectivity index (χ1n) is 5.15. The van der Waals surface area contributed by atoms with Crippen LogP contribution in [0.1, 0.15) is 5.56 Å². The summed E-state index contributed by atoms with van der Waals surface area (Å²) in [6, 6.07) is 4.14. The molecule has 4 heteroatoms. The van der Waals surface area contributed by atoms with Crippen LogP contribution < -0.4 is 4.90 Å². The molecule has 0 aliphatic carbocycles. The number of nitrogens with zero attached hydrogens (tertiary/aromatic N) is 2. The predicted octanol–water partition coefficient (Wildman–Crippen LogP) is 1.99. The Hall–Kier alpha value is -0.610. The van der Waals surface area contributed by atoms with Gasteiger partial charge in [-0.15, -0.1) is 0 Å². The summed E-state index contributed by atoms with van der Waals surface area (Å²) in [6.45, 7) is 4.72. The summed E-state index contributed by atoms with van der Waals surface area (Å²) in [5.41, 5.74) is 1.25. The van der Waals surface area contributed by atoms with E-state index in [0.717, 1.165) is 30.8 Å². The Morgan fingerprint density at radius 2 is 2.53 bits per heavy atom. The maximum atomic E-state index is 5.59. The molecule has 0 N–H and O–H groups in total. The van der Waals surface area contributed by atoms with Gasteiger partial charge >= 0.3 is 0 Å². The zero-order chi connectivity index (χ0) is 10.7. The molecule has 1 aliphatic rings. The highest BCUT2D eigenvalue weighted by Gasteiger charge is 2.20. The highest BCUT2D eigenvalue weighted by Crippen LogP contribution is 2.16. The summed E-state index contributed by atoms with van der Waals surface area (Å²) in [7, 11) is 0. The minimum atomic E-state index is 0.279. The molecule has 82 valence electrons. The highest BCUT2D eigenvalue weighted by molar-refractivity contribution is 9.09. The van der Waals surface area contributed by atoms with E-state index in [0.29, 0.717) is 0 Å². The van der Waals surface area contributed by atoms with Gasteiger partial charge in [0.05, 0.1) is 12.7 Å². The monoisotopic (exact) mass is 270 g/mol. The predicted molar refractivity (Wildman–Crippen MR) is 64.7 cm³/mol. The Morgan fingerprint density at radius 3 is 3.27 bits per heavy atom. The molecule has 2 rings (SSSR count). The van der Waals surface area contributed by atoms with Crippen LogP contribution in [0.25, 0.3) is 0 Å². The van der Waals surface area contributed by atoms with Gasteiger partial charge in [-0.3, -0.25) is 0 Å². The third-order valence-corrected chi connectivity index (χ3v) is 3.26. The molecule has 1 saturated heterocycles. The van der Waals surface area contributed by atoms with Gasteiger partial charge in [-0.1, -0.05) is 15.9 Å². The largest absolute Gasteiger partial charge is 0.374 e. The number of anilines is 1. The lowest BCUT2D eigenvalue weighted by molar-refractivity contribution is 0.0568. The van der Waals surface area contributed by atoms with E-state index in [4.69, 9.17) is 4.74 Å². The van der Waals surface area contributed by atoms with Crippen molar-refractivity contribution in [1.29, 1.82) is 0 Å². The molecular formula is C11H15BrN2O. The van der Waals surface area contributed by atoms with Gasteiger partial charge in [0.25, 0.3) is 0 Å². The molecule has 1 atom stereocenters. The number of aryl methyl sites for hydroxylation is 1. The fourth-order valence-corrected chi connectivity index (χ4v) is 2.11. The Bertz CT molecular complexity index is 332. The first-order chi connectivity index (χ1) is 7.29. The van der Waals surface area contributed by atoms with Gasteiger partial charge < -0.3 is 9.64 Å². The summed E-state index contributed by atoms with van der Waals surface area (Å²) in [5.74, 6) is 1.06. The van der Waals surface area contributed by atoms with Gasteiger partial charge in [-0.05, 0) is 24.6 Å². The molecule has 0 saturated carbocycles. The van der Waals surface area contributed by atoms with Crippen LogP contribution in [0, 0.1) is 6.92 Å². The van der Waals surface area contributed by atoms with Crippen LogP contribution >= 0.6 is 15.9 Å². The van der Waals surface area contributed by atoms with Gasteiger partial charge in [0.15, 0.2) is 0 Å². The average molecular weight is 271 g/mol. The van der Waals surface area contributed by atoms with Crippen molar-refractivity contribution in [1.82, 2.24) is 4.98 Å². The summed E-state index contributed by atoms with van der Waals surface area (Å²) >= 11 is 3.45. The van der Waals surface area contributed by atoms with Gasteiger partial charge in [-0.25, -0.2) is 4.98 Å². The molecule has 0 aromatic carbocycles. The zero-order valence-electron chi connectivity index (χ0n) is 8.82. The molecule has 0 bridgehead atoms. The molecule has 1 fully saturated rings. The molecule has 1 aliphatic heterocycles. The smallest absolute Gasteiger partial charge is 0.128 e. The summed E-state index contributed by atoms with van der Waals surface area (Å²) < 4.78 is 5.59. The Kier molecular flexibility index (Phi) is 3.59. The molecule has 1 aromatic heterocycles. The van der Waals surface area contributed by atoms with Gasteiger partial charge in [-0.2, -0.15) is 0 Å². The Balaban J connectivity index is 2.09. The molecular weight excluding hydrogens is 256 g/mol. The van der Waals surface area contributed by atoms with Crippen molar-refractivity contribution in [3.8, 4) is 0 Å². The van der Waals surface area contributed by atoms with Crippen LogP contribution in [-0.4, -0.2) is 36.1 Å². The summed E-state index contributed by atoms with van der Waals surface area (Å²) in [5, 5.41) is 0.884. The number of hydrogen-bond acceptors (Lipinski definition) is 3. The fraction of sp³-hybridized carbons (Fsp3) is 0.545. The maximum absolute atomic E-state index is 5.59. The molecule has 0 radical (unpaired) electrons. The number of pyridine rings is 1. The number of aromatic nitrogens is 1. The van der Waals surface area contributed by atoms with Crippen molar-refractivity contribution < 1.29 is 4.74 Å². The third kappa shape index (κ3) is 2.69. The van der Waals surface area contributed by atoms with Crippen LogP contribution in [0.4, 0.5) is 5.82 Å². The molecule has 3 nitrogen and oxygen atoms in total. The normalized spacial score (nSPS) is 21.7. The number of hydrogen-bond donors (Lipinski definition) is 0. The van der Waals surface area contributed by atoms with E-state index in [-0.39, 0.29) is 6.10 Å². The second kappa shape index (κ2) is 4.94. The molecule has 2 heterocycles. The second-order valence-corrected chi connectivity index (χ2v) is 4.43. The van der Waals surface area contributed by atoms with Crippen molar-refractivity contribution in [2.75, 3.05) is 29.9 Å². The zero-order valence-corrected chi connectivity index (χ0v) is 10.4. The second-order valence-electron chi connectivity index (χ2n) is 3.78. The van der Waals surface area contributed by atoms with Crippen molar-refractivity contribution >= 4 is 21.7 Å². The van der Waals surface area contributed by atoms with Crippen LogP contribution in [0.15, 0.2) is 18.3 Å². The Labute approximate surface area is 98.6 Å². The van der Waals surface area contributed by atoms with Crippen LogP contribution in [0.3, 0.4) is 0 Å². The Morgan fingerprint density at radius 1 is 1.67 bits per heavy atom. The number of ether oxygens (including phenoxy) is 1. The quantitative estimate of drug-likeness (QED) is 0.769. The standard InChI is InChI=1S/C11H15BrN2O/c1-9-2-3-13-11(6-9)14-4-5-15-10(7-12)8-14/h2-3,6,10H,4-5,7-8H2,1H3. The fourth-order valence-electron chi connectivity index (χ4n) is 1.71. The van der Waals surface area contributed by atoms with Crippen molar-refractivity contribution in [3.05, 3.63) is 23.9 Å². The highest BCUT2D eigenvalue weighted by atomic mass is 79.9. The lowest BCUT2D eigenvalue weighted by Crippen LogP contribution is -2.43. The minimum absolute atomic E-state index is 0.279. The number of rotatable bonds is 2. The van der Waals surface area contributed by atoms with E-state index in [1.54, 1.807) is 0 Å². The van der Waals surface area contributed by atoms with E-state index >= 15 is 0 Å². The van der Waals surface area contributed by atoms with Crippen molar-refractivity contribution in [2.45, 2.75) is 13.0 Å². The van der Waals surface area contributed by atoms with Crippen LogP contribution in [0.5, 0.6) is 0 Å². The number of alkyl halides is 1. The van der Waals surface area contributed by atoms with E-state index < -0.39 is 0 Å². The lowest BCUT2D eigenvalue weighted by atomic mass is 10.2. The van der Waals surface area contributed by atoms with Gasteiger partial charge in [0.2, 0.25) is 0 Å². The lowest BCUT2D eigenvalue weighted by Gasteiger charge is -2.33. The molecule has 0 amide bonds. The molecule has 1 aromatic rings. The summed E-state index contributed by atoms with van der Waals surface area (Å²) in [4.78, 5) is 6.67. The number of halogens is 1. The van der Waals surface area contributed by atoms with Gasteiger partial charge in [0.1, 0.15) is 5.82 Å². The maximum Gasteiger partial charge on any atom is 0.128 e. The van der Waals surface area contributed by atoms with Crippen LogP contribution in [0.2, 0.25) is 0 Å². The molecule has 0 spiro atoms.